The smallest absolute Gasteiger partial charge is 0.0940 e. The van der Waals surface area contributed by atoms with Gasteiger partial charge in [0.15, 0.2) is 0 Å². The lowest BCUT2D eigenvalue weighted by molar-refractivity contribution is 0.135. The monoisotopic (exact) mass is 308 g/mol. The van der Waals surface area contributed by atoms with Crippen LogP contribution in [0.3, 0.4) is 0 Å². The second-order valence-corrected chi connectivity index (χ2v) is 5.30. The van der Waals surface area contributed by atoms with Crippen LogP contribution in [0, 0.1) is 0 Å². The predicted molar refractivity (Wildman–Crippen MR) is 76.2 cm³/mol. The molecule has 0 radical (unpaired) electrons. The molecule has 3 N–H and O–H groups in total. The molecule has 96 valence electrons. The summed E-state index contributed by atoms with van der Waals surface area (Å²) in [6.07, 6.45) is 3.34. The maximum Gasteiger partial charge on any atom is 0.0940 e. The standard InChI is InChI=1S/C14H17BrN2O/c1-10(17-9-11-6-7-16-8-11)14(18)12-2-4-13(15)5-3-12/h2-8,10,14,16-18H,9H2,1H3. The van der Waals surface area contributed by atoms with Crippen LogP contribution in [0.15, 0.2) is 47.2 Å². The molecule has 0 aliphatic heterocycles. The van der Waals surface area contributed by atoms with Gasteiger partial charge in [0.25, 0.3) is 0 Å². The van der Waals surface area contributed by atoms with E-state index in [-0.39, 0.29) is 6.04 Å². The van der Waals surface area contributed by atoms with Crippen molar-refractivity contribution >= 4 is 15.9 Å². The summed E-state index contributed by atoms with van der Waals surface area (Å²) in [7, 11) is 0. The van der Waals surface area contributed by atoms with E-state index in [1.165, 1.54) is 5.56 Å². The van der Waals surface area contributed by atoms with Gasteiger partial charge in [-0.1, -0.05) is 28.1 Å². The Kier molecular flexibility index (Phi) is 4.58. The predicted octanol–water partition coefficient (Wildman–Crippen LogP) is 2.99. The van der Waals surface area contributed by atoms with E-state index < -0.39 is 6.10 Å². The highest BCUT2D eigenvalue weighted by atomic mass is 79.9. The molecular weight excluding hydrogens is 292 g/mol. The first-order chi connectivity index (χ1) is 8.66. The van der Waals surface area contributed by atoms with Crippen molar-refractivity contribution in [1.82, 2.24) is 10.3 Å². The summed E-state index contributed by atoms with van der Waals surface area (Å²) in [5.41, 5.74) is 2.11. The number of hydrogen-bond acceptors (Lipinski definition) is 2. The van der Waals surface area contributed by atoms with Crippen molar-refractivity contribution < 1.29 is 5.11 Å². The van der Waals surface area contributed by atoms with Crippen LogP contribution in [-0.2, 0) is 6.54 Å². The van der Waals surface area contributed by atoms with Gasteiger partial charge < -0.3 is 15.4 Å². The number of aromatic amines is 1. The SMILES string of the molecule is CC(NCc1cc[nH]c1)C(O)c1ccc(Br)cc1. The Morgan fingerprint density at radius 1 is 1.28 bits per heavy atom. The van der Waals surface area contributed by atoms with Gasteiger partial charge in [-0.05, 0) is 36.2 Å². The van der Waals surface area contributed by atoms with Crippen LogP contribution in [0.25, 0.3) is 0 Å². The van der Waals surface area contributed by atoms with Gasteiger partial charge in [-0.2, -0.15) is 0 Å². The maximum atomic E-state index is 10.2. The van der Waals surface area contributed by atoms with E-state index in [2.05, 4.69) is 26.2 Å². The zero-order valence-electron chi connectivity index (χ0n) is 10.2. The quantitative estimate of drug-likeness (QED) is 0.795. The van der Waals surface area contributed by atoms with E-state index in [4.69, 9.17) is 0 Å². The van der Waals surface area contributed by atoms with Gasteiger partial charge in [0.05, 0.1) is 6.10 Å². The lowest BCUT2D eigenvalue weighted by Crippen LogP contribution is -2.31. The van der Waals surface area contributed by atoms with E-state index in [1.807, 2.05) is 49.6 Å². The number of hydrogen-bond donors (Lipinski definition) is 3. The molecule has 1 aromatic carbocycles. The van der Waals surface area contributed by atoms with Crippen molar-refractivity contribution in [2.75, 3.05) is 0 Å². The van der Waals surface area contributed by atoms with Gasteiger partial charge >= 0.3 is 0 Å². The third-order valence-electron chi connectivity index (χ3n) is 2.98. The Labute approximate surface area is 115 Å². The van der Waals surface area contributed by atoms with Crippen molar-refractivity contribution in [3.05, 3.63) is 58.3 Å². The molecule has 0 bridgehead atoms. The van der Waals surface area contributed by atoms with E-state index in [9.17, 15) is 5.11 Å². The Balaban J connectivity index is 1.91. The fourth-order valence-electron chi connectivity index (χ4n) is 1.81. The maximum absolute atomic E-state index is 10.2. The highest BCUT2D eigenvalue weighted by Crippen LogP contribution is 2.19. The Morgan fingerprint density at radius 3 is 2.61 bits per heavy atom. The van der Waals surface area contributed by atoms with Crippen molar-refractivity contribution in [3.63, 3.8) is 0 Å². The molecule has 1 heterocycles. The van der Waals surface area contributed by atoms with Crippen molar-refractivity contribution in [2.24, 2.45) is 0 Å². The van der Waals surface area contributed by atoms with Crippen LogP contribution < -0.4 is 5.32 Å². The number of aliphatic hydroxyl groups excluding tert-OH is 1. The molecule has 0 spiro atoms. The van der Waals surface area contributed by atoms with E-state index >= 15 is 0 Å². The number of H-pyrrole nitrogens is 1. The topological polar surface area (TPSA) is 48.0 Å². The normalized spacial score (nSPS) is 14.4. The Morgan fingerprint density at radius 2 is 2.00 bits per heavy atom. The molecule has 4 heteroatoms. The summed E-state index contributed by atoms with van der Waals surface area (Å²) < 4.78 is 1.02. The molecule has 0 saturated heterocycles. The largest absolute Gasteiger partial charge is 0.387 e. The molecule has 0 saturated carbocycles. The molecule has 2 unspecified atom stereocenters. The lowest BCUT2D eigenvalue weighted by atomic mass is 10.0. The van der Waals surface area contributed by atoms with Crippen LogP contribution in [-0.4, -0.2) is 16.1 Å². The van der Waals surface area contributed by atoms with E-state index in [0.29, 0.717) is 0 Å². The first kappa shape index (κ1) is 13.3. The molecule has 2 atom stereocenters. The molecule has 18 heavy (non-hydrogen) atoms. The minimum absolute atomic E-state index is 0.000996. The lowest BCUT2D eigenvalue weighted by Gasteiger charge is -2.20. The molecule has 3 nitrogen and oxygen atoms in total. The minimum atomic E-state index is -0.503. The Bertz CT molecular complexity index is 467. The first-order valence-corrected chi connectivity index (χ1v) is 6.74. The second-order valence-electron chi connectivity index (χ2n) is 4.39. The van der Waals surface area contributed by atoms with Crippen molar-refractivity contribution in [1.29, 1.82) is 0 Å². The number of aliphatic hydroxyl groups is 1. The van der Waals surface area contributed by atoms with Gasteiger partial charge in [0, 0.05) is 29.5 Å². The van der Waals surface area contributed by atoms with E-state index in [1.54, 1.807) is 0 Å². The molecule has 0 aliphatic rings. The number of halogens is 1. The van der Waals surface area contributed by atoms with Crippen LogP contribution in [0.4, 0.5) is 0 Å². The molecule has 0 fully saturated rings. The molecule has 0 amide bonds. The summed E-state index contributed by atoms with van der Waals surface area (Å²) in [6.45, 7) is 2.73. The minimum Gasteiger partial charge on any atom is -0.387 e. The summed E-state index contributed by atoms with van der Waals surface area (Å²) in [5.74, 6) is 0. The van der Waals surface area contributed by atoms with Crippen LogP contribution in [0.2, 0.25) is 0 Å². The van der Waals surface area contributed by atoms with Crippen LogP contribution in [0.5, 0.6) is 0 Å². The summed E-state index contributed by atoms with van der Waals surface area (Å²) in [6, 6.07) is 9.77. The molecular formula is C14H17BrN2O. The van der Waals surface area contributed by atoms with Crippen molar-refractivity contribution in [3.8, 4) is 0 Å². The molecule has 0 aliphatic carbocycles. The number of nitrogens with one attached hydrogen (secondary N) is 2. The van der Waals surface area contributed by atoms with E-state index in [0.717, 1.165) is 16.6 Å². The zero-order chi connectivity index (χ0) is 13.0. The van der Waals surface area contributed by atoms with Gasteiger partial charge in [-0.15, -0.1) is 0 Å². The van der Waals surface area contributed by atoms with Gasteiger partial charge in [-0.3, -0.25) is 0 Å². The Hall–Kier alpha value is -1.10. The number of aromatic nitrogens is 1. The molecule has 1 aromatic heterocycles. The van der Waals surface area contributed by atoms with Crippen LogP contribution in [0.1, 0.15) is 24.2 Å². The third-order valence-corrected chi connectivity index (χ3v) is 3.50. The average Bonchev–Trinajstić information content (AvgIpc) is 2.89. The number of rotatable bonds is 5. The molecule has 2 aromatic rings. The van der Waals surface area contributed by atoms with Gasteiger partial charge in [0.1, 0.15) is 0 Å². The fraction of sp³-hybridized carbons (Fsp3) is 0.286. The highest BCUT2D eigenvalue weighted by molar-refractivity contribution is 9.10. The summed E-state index contributed by atoms with van der Waals surface area (Å²) >= 11 is 3.39. The average molecular weight is 309 g/mol. The van der Waals surface area contributed by atoms with Crippen LogP contribution >= 0.6 is 15.9 Å². The first-order valence-electron chi connectivity index (χ1n) is 5.95. The van der Waals surface area contributed by atoms with Gasteiger partial charge in [0.2, 0.25) is 0 Å². The highest BCUT2D eigenvalue weighted by Gasteiger charge is 2.15. The summed E-state index contributed by atoms with van der Waals surface area (Å²) in [5, 5.41) is 13.5. The second kappa shape index (κ2) is 6.18. The summed E-state index contributed by atoms with van der Waals surface area (Å²) in [4.78, 5) is 3.01. The van der Waals surface area contributed by atoms with Crippen molar-refractivity contribution in [2.45, 2.75) is 25.6 Å². The van der Waals surface area contributed by atoms with Gasteiger partial charge in [-0.25, -0.2) is 0 Å². The molecule has 2 rings (SSSR count). The third kappa shape index (κ3) is 3.45. The fourth-order valence-corrected chi connectivity index (χ4v) is 2.07. The zero-order valence-corrected chi connectivity index (χ0v) is 11.8. The number of benzene rings is 1.